The van der Waals surface area contributed by atoms with Gasteiger partial charge >= 0.3 is 0 Å². The highest BCUT2D eigenvalue weighted by Crippen LogP contribution is 2.19. The first-order chi connectivity index (χ1) is 9.65. The maximum atomic E-state index is 11.6. The number of phenolic OH excluding ortho intramolecular Hbond substituents is 1. The minimum absolute atomic E-state index is 0.0514. The van der Waals surface area contributed by atoms with Crippen LogP contribution in [0.15, 0.2) is 53.6 Å². The molecular formula is C15H13ClN2O2. The van der Waals surface area contributed by atoms with Crippen molar-refractivity contribution in [2.75, 3.05) is 0 Å². The first-order valence-corrected chi connectivity index (χ1v) is 6.37. The third-order valence-electron chi connectivity index (χ3n) is 2.59. The number of amides is 1. The molecule has 2 rings (SSSR count). The lowest BCUT2D eigenvalue weighted by Crippen LogP contribution is -2.19. The van der Waals surface area contributed by atoms with Crippen molar-refractivity contribution >= 4 is 23.7 Å². The number of hydrogen-bond acceptors (Lipinski definition) is 3. The number of phenols is 1. The van der Waals surface area contributed by atoms with Crippen LogP contribution in [0.5, 0.6) is 5.75 Å². The number of nitrogens with zero attached hydrogens (tertiary/aromatic N) is 1. The van der Waals surface area contributed by atoms with Crippen LogP contribution in [-0.2, 0) is 11.2 Å². The van der Waals surface area contributed by atoms with Gasteiger partial charge in [-0.1, -0.05) is 41.9 Å². The second-order valence-electron chi connectivity index (χ2n) is 4.16. The van der Waals surface area contributed by atoms with Crippen LogP contribution < -0.4 is 5.43 Å². The van der Waals surface area contributed by atoms with Gasteiger partial charge in [-0.25, -0.2) is 5.43 Å². The van der Waals surface area contributed by atoms with Gasteiger partial charge in [0.2, 0.25) is 5.91 Å². The van der Waals surface area contributed by atoms with E-state index < -0.39 is 0 Å². The fourth-order valence-electron chi connectivity index (χ4n) is 1.62. The summed E-state index contributed by atoms with van der Waals surface area (Å²) >= 11 is 5.81. The third-order valence-corrected chi connectivity index (χ3v) is 2.83. The van der Waals surface area contributed by atoms with Gasteiger partial charge in [0.1, 0.15) is 5.75 Å². The summed E-state index contributed by atoms with van der Waals surface area (Å²) < 4.78 is 0. The Morgan fingerprint density at radius 3 is 2.75 bits per heavy atom. The molecule has 2 aromatic rings. The molecule has 4 nitrogen and oxygen atoms in total. The van der Waals surface area contributed by atoms with Crippen molar-refractivity contribution in [2.24, 2.45) is 5.10 Å². The lowest BCUT2D eigenvalue weighted by molar-refractivity contribution is -0.120. The number of rotatable bonds is 4. The number of nitrogens with one attached hydrogen (secondary N) is 1. The fraction of sp³-hybridized carbons (Fsp3) is 0.0667. The standard InChI is InChI=1S/C15H13ClN2O2/c16-13-6-7-14(19)12(9-13)10-17-18-15(20)8-11-4-2-1-3-5-11/h1-7,9-10,19H,8H2,(H,18,20). The molecule has 2 N–H and O–H groups in total. The molecule has 0 heterocycles. The van der Waals surface area contributed by atoms with Gasteiger partial charge in [0.05, 0.1) is 12.6 Å². The van der Waals surface area contributed by atoms with Crippen LogP contribution >= 0.6 is 11.6 Å². The third kappa shape index (κ3) is 4.10. The zero-order valence-corrected chi connectivity index (χ0v) is 11.3. The first-order valence-electron chi connectivity index (χ1n) is 5.99. The number of carbonyl (C=O) groups excluding carboxylic acids is 1. The first kappa shape index (κ1) is 14.1. The van der Waals surface area contributed by atoms with Gasteiger partial charge in [-0.05, 0) is 23.8 Å². The van der Waals surface area contributed by atoms with Crippen LogP contribution in [0.3, 0.4) is 0 Å². The van der Waals surface area contributed by atoms with Gasteiger partial charge in [0.15, 0.2) is 0 Å². The Morgan fingerprint density at radius 1 is 1.25 bits per heavy atom. The van der Waals surface area contributed by atoms with E-state index in [1.807, 2.05) is 30.3 Å². The van der Waals surface area contributed by atoms with E-state index in [0.717, 1.165) is 5.56 Å². The minimum Gasteiger partial charge on any atom is -0.507 e. The van der Waals surface area contributed by atoms with Crippen LogP contribution in [0.25, 0.3) is 0 Å². The molecule has 0 spiro atoms. The largest absolute Gasteiger partial charge is 0.507 e. The molecule has 0 fully saturated rings. The molecule has 0 aromatic heterocycles. The molecule has 0 bridgehead atoms. The van der Waals surface area contributed by atoms with Crippen molar-refractivity contribution < 1.29 is 9.90 Å². The lowest BCUT2D eigenvalue weighted by Gasteiger charge is -2.01. The highest BCUT2D eigenvalue weighted by atomic mass is 35.5. The SMILES string of the molecule is O=C(Cc1ccccc1)NN=Cc1cc(Cl)ccc1O. The van der Waals surface area contributed by atoms with Crippen molar-refractivity contribution in [3.05, 3.63) is 64.7 Å². The van der Waals surface area contributed by atoms with Crippen LogP contribution in [0, 0.1) is 0 Å². The molecule has 2 aromatic carbocycles. The van der Waals surface area contributed by atoms with Crippen molar-refractivity contribution in [1.29, 1.82) is 0 Å². The normalized spacial score (nSPS) is 10.7. The summed E-state index contributed by atoms with van der Waals surface area (Å²) in [4.78, 5) is 11.6. The average molecular weight is 289 g/mol. The Hall–Kier alpha value is -2.33. The molecule has 0 aliphatic heterocycles. The van der Waals surface area contributed by atoms with E-state index in [4.69, 9.17) is 11.6 Å². The Bertz CT molecular complexity index is 627. The van der Waals surface area contributed by atoms with E-state index in [2.05, 4.69) is 10.5 Å². The van der Waals surface area contributed by atoms with Crippen LogP contribution in [0.2, 0.25) is 5.02 Å². The molecule has 1 amide bonds. The summed E-state index contributed by atoms with van der Waals surface area (Å²) in [5.41, 5.74) is 3.75. The smallest absolute Gasteiger partial charge is 0.244 e. The van der Waals surface area contributed by atoms with Crippen molar-refractivity contribution in [2.45, 2.75) is 6.42 Å². The number of halogens is 1. The molecule has 0 radical (unpaired) electrons. The number of hydrogen-bond donors (Lipinski definition) is 2. The Morgan fingerprint density at radius 2 is 2.00 bits per heavy atom. The van der Waals surface area contributed by atoms with Crippen LogP contribution in [0.4, 0.5) is 0 Å². The van der Waals surface area contributed by atoms with Crippen LogP contribution in [0.1, 0.15) is 11.1 Å². The van der Waals surface area contributed by atoms with Gasteiger partial charge in [-0.3, -0.25) is 4.79 Å². The second-order valence-corrected chi connectivity index (χ2v) is 4.60. The summed E-state index contributed by atoms with van der Waals surface area (Å²) in [7, 11) is 0. The van der Waals surface area contributed by atoms with E-state index in [1.165, 1.54) is 12.3 Å². The van der Waals surface area contributed by atoms with Gasteiger partial charge in [-0.15, -0.1) is 0 Å². The van der Waals surface area contributed by atoms with Crippen molar-refractivity contribution in [1.82, 2.24) is 5.43 Å². The zero-order chi connectivity index (χ0) is 14.4. The summed E-state index contributed by atoms with van der Waals surface area (Å²) in [6, 6.07) is 14.0. The predicted octanol–water partition coefficient (Wildman–Crippen LogP) is 2.74. The maximum absolute atomic E-state index is 11.6. The van der Waals surface area contributed by atoms with Crippen molar-refractivity contribution in [3.63, 3.8) is 0 Å². The maximum Gasteiger partial charge on any atom is 0.244 e. The summed E-state index contributed by atoms with van der Waals surface area (Å²) in [5.74, 6) is -0.176. The average Bonchev–Trinajstić information content (AvgIpc) is 2.44. The topological polar surface area (TPSA) is 61.7 Å². The van der Waals surface area contributed by atoms with E-state index in [-0.39, 0.29) is 18.1 Å². The highest BCUT2D eigenvalue weighted by Gasteiger charge is 2.02. The molecule has 0 aliphatic rings. The lowest BCUT2D eigenvalue weighted by atomic mass is 10.1. The number of aromatic hydroxyl groups is 1. The zero-order valence-electron chi connectivity index (χ0n) is 10.6. The Kier molecular flexibility index (Phi) is 4.74. The highest BCUT2D eigenvalue weighted by molar-refractivity contribution is 6.30. The summed E-state index contributed by atoms with van der Waals surface area (Å²) in [6.07, 6.45) is 1.60. The van der Waals surface area contributed by atoms with Gasteiger partial charge < -0.3 is 5.11 Å². The summed E-state index contributed by atoms with van der Waals surface area (Å²) in [6.45, 7) is 0. The summed E-state index contributed by atoms with van der Waals surface area (Å²) in [5, 5.41) is 13.9. The quantitative estimate of drug-likeness (QED) is 0.671. The van der Waals surface area contributed by atoms with Gasteiger partial charge in [0.25, 0.3) is 0 Å². The van der Waals surface area contributed by atoms with E-state index in [9.17, 15) is 9.90 Å². The van der Waals surface area contributed by atoms with E-state index in [0.29, 0.717) is 10.6 Å². The van der Waals surface area contributed by atoms with E-state index >= 15 is 0 Å². The fourth-order valence-corrected chi connectivity index (χ4v) is 1.80. The van der Waals surface area contributed by atoms with Gasteiger partial charge in [0, 0.05) is 10.6 Å². The van der Waals surface area contributed by atoms with Gasteiger partial charge in [-0.2, -0.15) is 5.10 Å². The van der Waals surface area contributed by atoms with Crippen molar-refractivity contribution in [3.8, 4) is 5.75 Å². The monoisotopic (exact) mass is 288 g/mol. The predicted molar refractivity (Wildman–Crippen MR) is 79.0 cm³/mol. The number of carbonyl (C=O) groups is 1. The van der Waals surface area contributed by atoms with E-state index in [1.54, 1.807) is 12.1 Å². The second kappa shape index (κ2) is 6.73. The minimum atomic E-state index is -0.228. The number of hydrazone groups is 1. The molecule has 0 atom stereocenters. The Balaban J connectivity index is 1.93. The van der Waals surface area contributed by atoms with Crippen LogP contribution in [-0.4, -0.2) is 17.2 Å². The molecule has 0 unspecified atom stereocenters. The molecule has 20 heavy (non-hydrogen) atoms. The molecule has 0 aliphatic carbocycles. The molecule has 5 heteroatoms. The molecule has 0 saturated heterocycles. The molecule has 0 saturated carbocycles. The molecule has 102 valence electrons. The molecular weight excluding hydrogens is 276 g/mol. The Labute approximate surface area is 121 Å². The number of benzene rings is 2.